The van der Waals surface area contributed by atoms with Gasteiger partial charge in [-0.1, -0.05) is 17.7 Å². The highest BCUT2D eigenvalue weighted by atomic mass is 35.5. The van der Waals surface area contributed by atoms with Gasteiger partial charge in [0, 0.05) is 29.8 Å². The van der Waals surface area contributed by atoms with Gasteiger partial charge in [0.25, 0.3) is 0 Å². The fraction of sp³-hybridized carbons (Fsp3) is 0.385. The molecule has 0 spiro atoms. The van der Waals surface area contributed by atoms with Crippen molar-refractivity contribution in [2.75, 3.05) is 6.26 Å². The minimum absolute atomic E-state index is 0.133. The fourth-order valence-corrected chi connectivity index (χ4v) is 3.42. The molecule has 8 heteroatoms. The minimum Gasteiger partial charge on any atom is -0.302 e. The summed E-state index contributed by atoms with van der Waals surface area (Å²) in [6, 6.07) is 4.10. The van der Waals surface area contributed by atoms with E-state index in [0.29, 0.717) is 17.0 Å². The zero-order chi connectivity index (χ0) is 15.6. The number of amides is 2. The van der Waals surface area contributed by atoms with Crippen LogP contribution in [0.1, 0.15) is 18.4 Å². The van der Waals surface area contributed by atoms with E-state index in [2.05, 4.69) is 10.6 Å². The lowest BCUT2D eigenvalue weighted by molar-refractivity contribution is -0.134. The van der Waals surface area contributed by atoms with E-state index in [1.54, 1.807) is 12.1 Å². The molecule has 0 aliphatic carbocycles. The Balaban J connectivity index is 2.17. The van der Waals surface area contributed by atoms with Crippen LogP contribution in [0.25, 0.3) is 0 Å². The Morgan fingerprint density at radius 2 is 2.10 bits per heavy atom. The summed E-state index contributed by atoms with van der Waals surface area (Å²) in [4.78, 5) is 22.9. The third-order valence-corrected chi connectivity index (χ3v) is 4.78. The number of nitrogens with one attached hydrogen (secondary N) is 2. The number of carbonyl (C=O) groups is 2. The summed E-state index contributed by atoms with van der Waals surface area (Å²) in [5.41, 5.74) is 0.423. The molecule has 0 radical (unpaired) electrons. The predicted molar refractivity (Wildman–Crippen MR) is 77.6 cm³/mol. The van der Waals surface area contributed by atoms with Crippen LogP contribution in [0.3, 0.4) is 0 Å². The highest BCUT2D eigenvalue weighted by molar-refractivity contribution is 7.90. The third kappa shape index (κ3) is 3.81. The molecule has 2 rings (SSSR count). The van der Waals surface area contributed by atoms with E-state index in [-0.39, 0.29) is 23.8 Å². The van der Waals surface area contributed by atoms with Crippen molar-refractivity contribution >= 4 is 33.3 Å². The van der Waals surface area contributed by atoms with E-state index in [0.717, 1.165) is 6.26 Å². The van der Waals surface area contributed by atoms with Gasteiger partial charge in [-0.3, -0.25) is 14.9 Å². The summed E-state index contributed by atoms with van der Waals surface area (Å²) in [6.45, 7) is 0.133. The molecule has 1 heterocycles. The Hall–Kier alpha value is -1.44. The average Bonchev–Trinajstić information content (AvgIpc) is 2.37. The summed E-state index contributed by atoms with van der Waals surface area (Å²) in [5, 5.41) is 5.50. The van der Waals surface area contributed by atoms with Crippen molar-refractivity contribution in [1.82, 2.24) is 10.6 Å². The molecule has 1 fully saturated rings. The zero-order valence-corrected chi connectivity index (χ0v) is 12.9. The smallest absolute Gasteiger partial charge is 0.243 e. The van der Waals surface area contributed by atoms with Gasteiger partial charge in [-0.25, -0.2) is 8.42 Å². The SMILES string of the molecule is CS(=O)(=O)c1cccc(Cl)c1CNC1CCC(=O)NC1=O. The molecular formula is C13H15ClN2O4S. The predicted octanol–water partition coefficient (Wildman–Crippen LogP) is 0.638. The molecule has 1 atom stereocenters. The summed E-state index contributed by atoms with van der Waals surface area (Å²) >= 11 is 6.05. The molecule has 1 unspecified atom stereocenters. The molecule has 1 aromatic carbocycles. The lowest BCUT2D eigenvalue weighted by atomic mass is 10.1. The van der Waals surface area contributed by atoms with Gasteiger partial charge in [0.2, 0.25) is 11.8 Å². The monoisotopic (exact) mass is 330 g/mol. The first-order chi connectivity index (χ1) is 9.79. The van der Waals surface area contributed by atoms with Gasteiger partial charge >= 0.3 is 0 Å². The van der Waals surface area contributed by atoms with Crippen molar-refractivity contribution < 1.29 is 18.0 Å². The summed E-state index contributed by atoms with van der Waals surface area (Å²) < 4.78 is 23.5. The van der Waals surface area contributed by atoms with Crippen molar-refractivity contribution in [1.29, 1.82) is 0 Å². The van der Waals surface area contributed by atoms with Crippen molar-refractivity contribution in [2.45, 2.75) is 30.3 Å². The summed E-state index contributed by atoms with van der Waals surface area (Å²) in [6.07, 6.45) is 1.74. The maximum Gasteiger partial charge on any atom is 0.243 e. The fourth-order valence-electron chi connectivity index (χ4n) is 2.17. The van der Waals surface area contributed by atoms with Crippen molar-refractivity contribution in [2.24, 2.45) is 0 Å². The number of imide groups is 1. The molecule has 21 heavy (non-hydrogen) atoms. The van der Waals surface area contributed by atoms with Gasteiger partial charge < -0.3 is 5.32 Å². The number of hydrogen-bond donors (Lipinski definition) is 2. The van der Waals surface area contributed by atoms with Gasteiger partial charge in [-0.2, -0.15) is 0 Å². The van der Waals surface area contributed by atoms with E-state index in [1.807, 2.05) is 0 Å². The number of rotatable bonds is 4. The van der Waals surface area contributed by atoms with Crippen LogP contribution >= 0.6 is 11.6 Å². The maximum absolute atomic E-state index is 11.8. The second-order valence-electron chi connectivity index (χ2n) is 4.87. The normalized spacial score (nSPS) is 19.4. The van der Waals surface area contributed by atoms with Crippen LogP contribution in [0.2, 0.25) is 5.02 Å². The molecule has 1 aromatic rings. The van der Waals surface area contributed by atoms with Crippen LogP contribution in [0.15, 0.2) is 23.1 Å². The molecule has 1 saturated heterocycles. The zero-order valence-electron chi connectivity index (χ0n) is 11.3. The number of sulfone groups is 1. The van der Waals surface area contributed by atoms with Crippen LogP contribution in [-0.2, 0) is 26.0 Å². The lowest BCUT2D eigenvalue weighted by Gasteiger charge is -2.22. The largest absolute Gasteiger partial charge is 0.302 e. The van der Waals surface area contributed by atoms with Gasteiger partial charge in [0.15, 0.2) is 9.84 Å². The van der Waals surface area contributed by atoms with E-state index in [9.17, 15) is 18.0 Å². The molecule has 0 bridgehead atoms. The molecule has 6 nitrogen and oxygen atoms in total. The molecule has 1 aliphatic heterocycles. The quantitative estimate of drug-likeness (QED) is 0.790. The number of halogens is 1. The van der Waals surface area contributed by atoms with Crippen LogP contribution in [0.5, 0.6) is 0 Å². The number of benzene rings is 1. The Kier molecular flexibility index (Phi) is 4.65. The molecule has 1 aliphatic rings. The summed E-state index contributed by atoms with van der Waals surface area (Å²) in [7, 11) is -3.41. The van der Waals surface area contributed by atoms with Gasteiger partial charge in [0.1, 0.15) is 0 Å². The Morgan fingerprint density at radius 3 is 2.71 bits per heavy atom. The van der Waals surface area contributed by atoms with Crippen molar-refractivity contribution in [3.63, 3.8) is 0 Å². The standard InChI is InChI=1S/C13H15ClN2O4S/c1-21(19,20)11-4-2-3-9(14)8(11)7-15-10-5-6-12(17)16-13(10)18/h2-4,10,15H,5-7H2,1H3,(H,16,17,18). The number of piperidine rings is 1. The number of hydrogen-bond acceptors (Lipinski definition) is 5. The minimum atomic E-state index is -3.41. The van der Waals surface area contributed by atoms with E-state index in [1.165, 1.54) is 6.07 Å². The molecular weight excluding hydrogens is 316 g/mol. The number of carbonyl (C=O) groups excluding carboxylic acids is 2. The van der Waals surface area contributed by atoms with Crippen LogP contribution in [0, 0.1) is 0 Å². The molecule has 114 valence electrons. The summed E-state index contributed by atoms with van der Waals surface area (Å²) in [5.74, 6) is -0.702. The van der Waals surface area contributed by atoms with Gasteiger partial charge in [-0.05, 0) is 18.6 Å². The molecule has 2 amide bonds. The lowest BCUT2D eigenvalue weighted by Crippen LogP contribution is -2.50. The Labute approximate surface area is 127 Å². The van der Waals surface area contributed by atoms with Gasteiger partial charge in [-0.15, -0.1) is 0 Å². The average molecular weight is 331 g/mol. The second kappa shape index (κ2) is 6.13. The maximum atomic E-state index is 11.8. The highest BCUT2D eigenvalue weighted by Crippen LogP contribution is 2.24. The van der Waals surface area contributed by atoms with E-state index >= 15 is 0 Å². The topological polar surface area (TPSA) is 92.3 Å². The van der Waals surface area contributed by atoms with Crippen LogP contribution in [0.4, 0.5) is 0 Å². The van der Waals surface area contributed by atoms with E-state index in [4.69, 9.17) is 11.6 Å². The first kappa shape index (κ1) is 15.9. The Bertz CT molecular complexity index is 687. The van der Waals surface area contributed by atoms with Crippen molar-refractivity contribution in [3.05, 3.63) is 28.8 Å². The third-order valence-electron chi connectivity index (χ3n) is 3.24. The molecule has 0 aromatic heterocycles. The molecule has 2 N–H and O–H groups in total. The molecule has 0 saturated carbocycles. The second-order valence-corrected chi connectivity index (χ2v) is 7.26. The van der Waals surface area contributed by atoms with Crippen molar-refractivity contribution in [3.8, 4) is 0 Å². The van der Waals surface area contributed by atoms with Gasteiger partial charge in [0.05, 0.1) is 10.9 Å². The first-order valence-electron chi connectivity index (χ1n) is 6.33. The Morgan fingerprint density at radius 1 is 1.38 bits per heavy atom. The first-order valence-corrected chi connectivity index (χ1v) is 8.60. The van der Waals surface area contributed by atoms with E-state index < -0.39 is 21.8 Å². The van der Waals surface area contributed by atoms with Crippen LogP contribution < -0.4 is 10.6 Å². The highest BCUT2D eigenvalue weighted by Gasteiger charge is 2.26. The van der Waals surface area contributed by atoms with Crippen LogP contribution in [-0.4, -0.2) is 32.5 Å².